The van der Waals surface area contributed by atoms with E-state index in [-0.39, 0.29) is 58.3 Å². The summed E-state index contributed by atoms with van der Waals surface area (Å²) in [7, 11) is 0. The van der Waals surface area contributed by atoms with Gasteiger partial charge in [0.05, 0.1) is 36.3 Å². The Kier molecular flexibility index (Phi) is 7.79. The summed E-state index contributed by atoms with van der Waals surface area (Å²) >= 11 is 0. The summed E-state index contributed by atoms with van der Waals surface area (Å²) < 4.78 is 22.1. The van der Waals surface area contributed by atoms with Gasteiger partial charge in [0.2, 0.25) is 0 Å². The van der Waals surface area contributed by atoms with Gasteiger partial charge in [-0.1, -0.05) is 0 Å². The quantitative estimate of drug-likeness (QED) is 0.282. The molecule has 0 unspecified atom stereocenters. The zero-order valence-corrected chi connectivity index (χ0v) is 20.8. The number of ketones is 1. The van der Waals surface area contributed by atoms with E-state index in [1.165, 1.54) is 24.3 Å². The Morgan fingerprint density at radius 3 is 1.45 bits per heavy atom. The second-order valence-electron chi connectivity index (χ2n) is 9.18. The Labute approximate surface area is 218 Å². The van der Waals surface area contributed by atoms with Crippen molar-refractivity contribution in [1.29, 1.82) is 0 Å². The molecule has 0 atom stereocenters. The van der Waals surface area contributed by atoms with Crippen molar-refractivity contribution < 1.29 is 33.6 Å². The maximum absolute atomic E-state index is 13.3. The van der Waals surface area contributed by atoms with Crippen LogP contribution in [-0.4, -0.2) is 104 Å². The Hall–Kier alpha value is -3.65. The van der Waals surface area contributed by atoms with Crippen LogP contribution in [0.25, 0.3) is 11.1 Å². The molecule has 0 bridgehead atoms. The Morgan fingerprint density at radius 2 is 1.08 bits per heavy atom. The van der Waals surface area contributed by atoms with Crippen LogP contribution in [0.15, 0.2) is 24.3 Å². The van der Waals surface area contributed by atoms with Crippen molar-refractivity contribution in [2.75, 3.05) is 78.9 Å². The first-order valence-electron chi connectivity index (χ1n) is 12.5. The van der Waals surface area contributed by atoms with Gasteiger partial charge < -0.3 is 18.9 Å². The van der Waals surface area contributed by atoms with Crippen molar-refractivity contribution in [2.45, 2.75) is 0 Å². The third-order valence-electron chi connectivity index (χ3n) is 6.91. The van der Waals surface area contributed by atoms with E-state index in [4.69, 9.17) is 18.9 Å². The lowest BCUT2D eigenvalue weighted by Gasteiger charge is -2.26. The lowest BCUT2D eigenvalue weighted by atomic mass is 10.0. The molecule has 2 saturated heterocycles. The van der Waals surface area contributed by atoms with Gasteiger partial charge in [-0.2, -0.15) is 0 Å². The molecule has 13 heteroatoms. The minimum absolute atomic E-state index is 0.0142. The van der Waals surface area contributed by atoms with Gasteiger partial charge in [0.1, 0.15) is 13.2 Å². The van der Waals surface area contributed by atoms with Crippen LogP contribution < -0.4 is 9.47 Å². The van der Waals surface area contributed by atoms with E-state index in [0.29, 0.717) is 39.5 Å². The van der Waals surface area contributed by atoms with Crippen molar-refractivity contribution in [3.05, 3.63) is 55.6 Å². The molecule has 2 aliphatic heterocycles. The Bertz CT molecular complexity index is 1150. The van der Waals surface area contributed by atoms with Crippen molar-refractivity contribution >= 4 is 17.2 Å². The van der Waals surface area contributed by atoms with E-state index in [9.17, 15) is 25.0 Å². The van der Waals surface area contributed by atoms with E-state index >= 15 is 0 Å². The summed E-state index contributed by atoms with van der Waals surface area (Å²) in [6, 6.07) is 5.23. The van der Waals surface area contributed by atoms with Gasteiger partial charge in [-0.05, 0) is 12.1 Å². The smallest absolute Gasteiger partial charge is 0.311 e. The number of nitrogens with zero attached hydrogens (tertiary/aromatic N) is 4. The molecule has 202 valence electrons. The fourth-order valence-corrected chi connectivity index (χ4v) is 4.84. The second-order valence-corrected chi connectivity index (χ2v) is 9.18. The first-order chi connectivity index (χ1) is 18.4. The van der Waals surface area contributed by atoms with Crippen LogP contribution in [0.5, 0.6) is 11.5 Å². The summed E-state index contributed by atoms with van der Waals surface area (Å²) in [4.78, 5) is 40.1. The van der Waals surface area contributed by atoms with E-state index in [1.54, 1.807) is 0 Å². The molecule has 38 heavy (non-hydrogen) atoms. The number of carbonyl (C=O) groups is 1. The van der Waals surface area contributed by atoms with E-state index in [0.717, 1.165) is 26.2 Å². The van der Waals surface area contributed by atoms with E-state index in [2.05, 4.69) is 9.80 Å². The zero-order valence-electron chi connectivity index (χ0n) is 20.8. The number of hydrogen-bond donors (Lipinski definition) is 0. The van der Waals surface area contributed by atoms with Crippen LogP contribution in [0.2, 0.25) is 0 Å². The first kappa shape index (κ1) is 26.0. The predicted molar refractivity (Wildman–Crippen MR) is 134 cm³/mol. The lowest BCUT2D eigenvalue weighted by molar-refractivity contribution is -0.386. The van der Waals surface area contributed by atoms with Gasteiger partial charge in [0.25, 0.3) is 0 Å². The third kappa shape index (κ3) is 5.45. The third-order valence-corrected chi connectivity index (χ3v) is 6.91. The molecule has 2 heterocycles. The fraction of sp³-hybridized carbons (Fsp3) is 0.480. The molecule has 5 rings (SSSR count). The maximum Gasteiger partial charge on any atom is 0.311 e. The molecular weight excluding hydrogens is 500 g/mol. The lowest BCUT2D eigenvalue weighted by Crippen LogP contribution is -2.38. The standard InChI is InChI=1S/C25H28N4O9/c30-25-19-15-23(37-11-5-26-1-7-35-8-2-26)21(28(31)32)13-17(19)18-14-22(29(33)34)24(16-20(18)25)38-12-6-27-3-9-36-10-4-27/h13-16H,1-12H2. The second kappa shape index (κ2) is 11.4. The molecule has 2 fully saturated rings. The number of ether oxygens (including phenoxy) is 4. The maximum atomic E-state index is 13.3. The predicted octanol–water partition coefficient (Wildman–Crippen LogP) is 2.14. The van der Waals surface area contributed by atoms with Gasteiger partial charge >= 0.3 is 11.4 Å². The van der Waals surface area contributed by atoms with Gasteiger partial charge in [-0.15, -0.1) is 0 Å². The minimum atomic E-state index is -0.579. The van der Waals surface area contributed by atoms with Crippen molar-refractivity contribution in [1.82, 2.24) is 9.80 Å². The number of morpholine rings is 2. The molecule has 0 spiro atoms. The van der Waals surface area contributed by atoms with Gasteiger partial charge in [0, 0.05) is 73.7 Å². The van der Waals surface area contributed by atoms with Crippen LogP contribution in [0.4, 0.5) is 11.4 Å². The Morgan fingerprint density at radius 1 is 0.684 bits per heavy atom. The first-order valence-corrected chi connectivity index (χ1v) is 12.5. The molecule has 0 amide bonds. The highest BCUT2D eigenvalue weighted by Crippen LogP contribution is 2.46. The van der Waals surface area contributed by atoms with Crippen molar-refractivity contribution in [3.8, 4) is 22.6 Å². The normalized spacial score (nSPS) is 17.6. The van der Waals surface area contributed by atoms with Gasteiger partial charge in [0.15, 0.2) is 17.3 Å². The summed E-state index contributed by atoms with van der Waals surface area (Å²) in [5.74, 6) is -0.421. The highest BCUT2D eigenvalue weighted by molar-refractivity contribution is 6.22. The van der Waals surface area contributed by atoms with Crippen molar-refractivity contribution in [2.24, 2.45) is 0 Å². The van der Waals surface area contributed by atoms with Crippen LogP contribution in [0, 0.1) is 20.2 Å². The summed E-state index contributed by atoms with van der Waals surface area (Å²) in [5.41, 5.74) is 0.318. The number of nitro benzene ring substituents is 2. The number of fused-ring (bicyclic) bond motifs is 3. The monoisotopic (exact) mass is 528 g/mol. The molecule has 0 aromatic heterocycles. The molecule has 2 aromatic carbocycles. The average molecular weight is 529 g/mol. The number of nitro groups is 2. The molecule has 2 aromatic rings. The summed E-state index contributed by atoms with van der Waals surface area (Å²) in [6.45, 7) is 7.00. The molecule has 0 saturated carbocycles. The highest BCUT2D eigenvalue weighted by atomic mass is 16.6. The largest absolute Gasteiger partial charge is 0.485 e. The number of carbonyl (C=O) groups excluding carboxylic acids is 1. The molecule has 0 radical (unpaired) electrons. The molecule has 0 N–H and O–H groups in total. The van der Waals surface area contributed by atoms with Crippen LogP contribution >= 0.6 is 0 Å². The van der Waals surface area contributed by atoms with Gasteiger partial charge in [-0.3, -0.25) is 34.8 Å². The van der Waals surface area contributed by atoms with Crippen LogP contribution in [0.3, 0.4) is 0 Å². The van der Waals surface area contributed by atoms with Crippen molar-refractivity contribution in [3.63, 3.8) is 0 Å². The highest BCUT2D eigenvalue weighted by Gasteiger charge is 2.35. The SMILES string of the molecule is O=C1c2cc(OCCN3CCOCC3)c([N+](=O)[O-])cc2-c2cc([N+](=O)[O-])c(OCCN3CCOCC3)cc21. The van der Waals surface area contributed by atoms with E-state index < -0.39 is 15.6 Å². The summed E-state index contributed by atoms with van der Waals surface area (Å²) in [5, 5.41) is 23.7. The van der Waals surface area contributed by atoms with Gasteiger partial charge in [-0.25, -0.2) is 0 Å². The molecular formula is C25H28N4O9. The van der Waals surface area contributed by atoms with E-state index in [1.807, 2.05) is 0 Å². The molecule has 13 nitrogen and oxygen atoms in total. The topological polar surface area (TPSA) is 147 Å². The fourth-order valence-electron chi connectivity index (χ4n) is 4.84. The number of rotatable bonds is 10. The summed E-state index contributed by atoms with van der Waals surface area (Å²) in [6.07, 6.45) is 0. The average Bonchev–Trinajstić information content (AvgIpc) is 3.19. The Balaban J connectivity index is 1.38. The molecule has 1 aliphatic carbocycles. The minimum Gasteiger partial charge on any atom is -0.485 e. The number of hydrogen-bond acceptors (Lipinski definition) is 11. The zero-order chi connectivity index (χ0) is 26.6. The molecule has 3 aliphatic rings. The van der Waals surface area contributed by atoms with Crippen LogP contribution in [-0.2, 0) is 9.47 Å². The number of benzene rings is 2. The van der Waals surface area contributed by atoms with Crippen LogP contribution in [0.1, 0.15) is 15.9 Å².